The molecule has 0 spiro atoms. The molecule has 2 rings (SSSR count). The summed E-state index contributed by atoms with van der Waals surface area (Å²) in [6.45, 7) is -3.51. The molecule has 0 saturated carbocycles. The van der Waals surface area contributed by atoms with Gasteiger partial charge in [0.2, 0.25) is 10.0 Å². The van der Waals surface area contributed by atoms with E-state index >= 15 is 0 Å². The number of nitrogens with two attached hydrogens (primary N) is 1. The zero-order chi connectivity index (χ0) is 21.4. The first kappa shape index (κ1) is 22.2. The Morgan fingerprint density at radius 3 is 2.34 bits per heavy atom. The van der Waals surface area contributed by atoms with E-state index in [-0.39, 0.29) is 22.8 Å². The maximum Gasteiger partial charge on any atom is 0.387 e. The first-order valence-corrected chi connectivity index (χ1v) is 9.81. The third-order valence-electron chi connectivity index (χ3n) is 3.65. The summed E-state index contributed by atoms with van der Waals surface area (Å²) in [5, 5.41) is 7.53. The molecular weight excluding hydrogens is 410 g/mol. The van der Waals surface area contributed by atoms with Crippen molar-refractivity contribution in [2.75, 3.05) is 13.2 Å². The number of esters is 1. The molecule has 0 aliphatic carbocycles. The van der Waals surface area contributed by atoms with Gasteiger partial charge in [-0.05, 0) is 36.2 Å². The molecule has 0 aromatic heterocycles. The summed E-state index contributed by atoms with van der Waals surface area (Å²) in [5.41, 5.74) is 0.531. The molecule has 2 aromatic carbocycles. The lowest BCUT2D eigenvalue weighted by Crippen LogP contribution is -2.30. The van der Waals surface area contributed by atoms with Crippen LogP contribution < -0.4 is 15.2 Å². The van der Waals surface area contributed by atoms with E-state index in [9.17, 15) is 26.8 Å². The molecule has 2 aromatic rings. The lowest BCUT2D eigenvalue weighted by molar-refractivity contribution is -0.124. The van der Waals surface area contributed by atoms with E-state index in [0.29, 0.717) is 6.42 Å². The van der Waals surface area contributed by atoms with Gasteiger partial charge in [0, 0.05) is 6.54 Å². The van der Waals surface area contributed by atoms with Gasteiger partial charge < -0.3 is 14.8 Å². The Balaban J connectivity index is 1.79. The van der Waals surface area contributed by atoms with E-state index < -0.39 is 35.1 Å². The summed E-state index contributed by atoms with van der Waals surface area (Å²) in [6, 6.07) is 11.1. The Labute approximate surface area is 165 Å². The second-order valence-corrected chi connectivity index (χ2v) is 7.30. The number of para-hydroxylation sites is 1. The monoisotopic (exact) mass is 428 g/mol. The van der Waals surface area contributed by atoms with Gasteiger partial charge in [-0.25, -0.2) is 18.4 Å². The van der Waals surface area contributed by atoms with Crippen LogP contribution in [-0.4, -0.2) is 40.1 Å². The van der Waals surface area contributed by atoms with Gasteiger partial charge in [-0.1, -0.05) is 24.3 Å². The number of hydrogen-bond acceptors (Lipinski definition) is 6. The van der Waals surface area contributed by atoms with Gasteiger partial charge in [0.1, 0.15) is 11.3 Å². The molecule has 0 fully saturated rings. The van der Waals surface area contributed by atoms with Gasteiger partial charge in [-0.2, -0.15) is 8.78 Å². The molecule has 11 heteroatoms. The number of hydrogen-bond donors (Lipinski definition) is 2. The number of nitrogens with one attached hydrogen (secondary N) is 1. The predicted octanol–water partition coefficient (Wildman–Crippen LogP) is 1.45. The lowest BCUT2D eigenvalue weighted by atomic mass is 10.1. The van der Waals surface area contributed by atoms with Crippen LogP contribution in [0.15, 0.2) is 53.4 Å². The van der Waals surface area contributed by atoms with Crippen LogP contribution in [0.5, 0.6) is 5.75 Å². The Bertz CT molecular complexity index is 965. The summed E-state index contributed by atoms with van der Waals surface area (Å²) >= 11 is 0. The van der Waals surface area contributed by atoms with Gasteiger partial charge >= 0.3 is 12.6 Å². The number of rotatable bonds is 9. The highest BCUT2D eigenvalue weighted by Crippen LogP contribution is 2.21. The highest BCUT2D eigenvalue weighted by atomic mass is 32.2. The molecule has 0 bridgehead atoms. The maximum absolute atomic E-state index is 12.4. The van der Waals surface area contributed by atoms with Crippen LogP contribution >= 0.6 is 0 Å². The average molecular weight is 428 g/mol. The fourth-order valence-corrected chi connectivity index (χ4v) is 2.80. The van der Waals surface area contributed by atoms with Crippen molar-refractivity contribution < 1.29 is 36.3 Å². The lowest BCUT2D eigenvalue weighted by Gasteiger charge is -2.10. The summed E-state index contributed by atoms with van der Waals surface area (Å²) in [7, 11) is -3.77. The van der Waals surface area contributed by atoms with E-state index in [0.717, 1.165) is 5.56 Å². The minimum absolute atomic E-state index is 0.0201. The van der Waals surface area contributed by atoms with Crippen LogP contribution in [0.3, 0.4) is 0 Å². The van der Waals surface area contributed by atoms with Crippen molar-refractivity contribution in [1.29, 1.82) is 0 Å². The third-order valence-corrected chi connectivity index (χ3v) is 4.57. The van der Waals surface area contributed by atoms with Crippen LogP contribution in [0.25, 0.3) is 0 Å². The number of halogens is 2. The largest absolute Gasteiger partial charge is 0.452 e. The number of sulfonamides is 1. The first-order valence-electron chi connectivity index (χ1n) is 8.26. The second-order valence-electron chi connectivity index (χ2n) is 5.74. The number of primary sulfonamides is 1. The smallest absolute Gasteiger partial charge is 0.387 e. The van der Waals surface area contributed by atoms with Crippen LogP contribution in [0, 0.1) is 0 Å². The van der Waals surface area contributed by atoms with E-state index in [1.807, 2.05) is 0 Å². The van der Waals surface area contributed by atoms with Crippen LogP contribution in [0.1, 0.15) is 15.9 Å². The Hall–Kier alpha value is -3.05. The maximum atomic E-state index is 12.4. The second kappa shape index (κ2) is 9.94. The number of ether oxygens (including phenoxy) is 2. The number of benzene rings is 2. The van der Waals surface area contributed by atoms with Crippen molar-refractivity contribution in [1.82, 2.24) is 5.32 Å². The Kier molecular flexibility index (Phi) is 7.62. The first-order chi connectivity index (χ1) is 13.7. The molecular formula is C18H18F2N2O6S. The third kappa shape index (κ3) is 7.12. The molecule has 0 aliphatic heterocycles. The minimum Gasteiger partial charge on any atom is -0.452 e. The fourth-order valence-electron chi connectivity index (χ4n) is 2.29. The Morgan fingerprint density at radius 1 is 1.07 bits per heavy atom. The minimum atomic E-state index is -3.77. The average Bonchev–Trinajstić information content (AvgIpc) is 2.66. The van der Waals surface area contributed by atoms with Crippen molar-refractivity contribution in [3.05, 3.63) is 59.7 Å². The van der Waals surface area contributed by atoms with Gasteiger partial charge in [-0.3, -0.25) is 4.79 Å². The van der Waals surface area contributed by atoms with Crippen LogP contribution in [-0.2, 0) is 26.0 Å². The molecule has 0 unspecified atom stereocenters. The van der Waals surface area contributed by atoms with Gasteiger partial charge in [0.15, 0.2) is 6.61 Å². The highest BCUT2D eigenvalue weighted by molar-refractivity contribution is 7.89. The number of amides is 1. The van der Waals surface area contributed by atoms with Gasteiger partial charge in [0.05, 0.1) is 4.90 Å². The molecule has 3 N–H and O–H groups in total. The van der Waals surface area contributed by atoms with Gasteiger partial charge in [-0.15, -0.1) is 0 Å². The fraction of sp³-hybridized carbons (Fsp3) is 0.222. The molecule has 0 saturated heterocycles. The van der Waals surface area contributed by atoms with E-state index in [1.54, 1.807) is 12.1 Å². The predicted molar refractivity (Wildman–Crippen MR) is 97.9 cm³/mol. The van der Waals surface area contributed by atoms with E-state index in [1.165, 1.54) is 36.4 Å². The summed E-state index contributed by atoms with van der Waals surface area (Å²) in [4.78, 5) is 23.7. The molecule has 1 amide bonds. The molecule has 156 valence electrons. The number of carbonyl (C=O) groups is 2. The number of alkyl halides is 2. The van der Waals surface area contributed by atoms with E-state index in [2.05, 4.69) is 10.1 Å². The summed E-state index contributed by atoms with van der Waals surface area (Å²) in [5.74, 6) is -1.92. The van der Waals surface area contributed by atoms with Crippen molar-refractivity contribution in [3.63, 3.8) is 0 Å². The van der Waals surface area contributed by atoms with Crippen molar-refractivity contribution in [2.24, 2.45) is 5.14 Å². The number of carbonyl (C=O) groups excluding carboxylic acids is 2. The topological polar surface area (TPSA) is 125 Å². The molecule has 29 heavy (non-hydrogen) atoms. The molecule has 0 aliphatic rings. The van der Waals surface area contributed by atoms with Crippen LogP contribution in [0.2, 0.25) is 0 Å². The van der Waals surface area contributed by atoms with Crippen molar-refractivity contribution >= 4 is 21.9 Å². The molecule has 0 heterocycles. The molecule has 0 atom stereocenters. The van der Waals surface area contributed by atoms with Crippen molar-refractivity contribution in [3.8, 4) is 5.75 Å². The summed E-state index contributed by atoms with van der Waals surface area (Å²) in [6.07, 6.45) is 0.398. The highest BCUT2D eigenvalue weighted by Gasteiger charge is 2.17. The van der Waals surface area contributed by atoms with Crippen molar-refractivity contribution in [2.45, 2.75) is 17.9 Å². The zero-order valence-electron chi connectivity index (χ0n) is 15.0. The standard InChI is InChI=1S/C18H18F2N2O6S/c19-18(20)28-15-4-2-1-3-14(15)17(24)27-11-16(23)22-10-9-12-5-7-13(8-6-12)29(21,25)26/h1-8,18H,9-11H2,(H,22,23)(H2,21,25,26). The SMILES string of the molecule is NS(=O)(=O)c1ccc(CCNC(=O)COC(=O)c2ccccc2OC(F)F)cc1. The van der Waals surface area contributed by atoms with Crippen LogP contribution in [0.4, 0.5) is 8.78 Å². The molecule has 8 nitrogen and oxygen atoms in total. The summed E-state index contributed by atoms with van der Waals surface area (Å²) < 4.78 is 56.1. The zero-order valence-corrected chi connectivity index (χ0v) is 15.8. The van der Waals surface area contributed by atoms with E-state index in [4.69, 9.17) is 9.88 Å². The van der Waals surface area contributed by atoms with Gasteiger partial charge in [0.25, 0.3) is 5.91 Å². The quantitative estimate of drug-likeness (QED) is 0.583. The Morgan fingerprint density at radius 2 is 1.72 bits per heavy atom. The molecule has 0 radical (unpaired) electrons. The normalized spacial score (nSPS) is 11.2.